The van der Waals surface area contributed by atoms with Crippen molar-refractivity contribution < 1.29 is 4.79 Å². The fraction of sp³-hybridized carbons (Fsp3) is 0.391. The molecule has 0 aliphatic heterocycles. The van der Waals surface area contributed by atoms with Crippen LogP contribution in [0, 0.1) is 0 Å². The summed E-state index contributed by atoms with van der Waals surface area (Å²) in [6.45, 7) is 2.58. The number of aliphatic imine (C=N–C) groups is 1. The Labute approximate surface area is 197 Å². The van der Waals surface area contributed by atoms with E-state index in [9.17, 15) is 4.79 Å². The molecule has 1 amide bonds. The number of anilines is 1. The molecule has 0 unspecified atom stereocenters. The van der Waals surface area contributed by atoms with Crippen LogP contribution in [0.3, 0.4) is 0 Å². The highest BCUT2D eigenvalue weighted by Crippen LogP contribution is 2.10. The van der Waals surface area contributed by atoms with Gasteiger partial charge in [-0.05, 0) is 42.7 Å². The van der Waals surface area contributed by atoms with Gasteiger partial charge in [0.1, 0.15) is 0 Å². The third kappa shape index (κ3) is 8.61. The van der Waals surface area contributed by atoms with Crippen molar-refractivity contribution in [2.75, 3.05) is 52.7 Å². The second-order valence-electron chi connectivity index (χ2n) is 7.19. The van der Waals surface area contributed by atoms with Crippen LogP contribution in [0.15, 0.2) is 59.6 Å². The standard InChI is InChI=1S/C23H33N5O.HI/c1-24-23(25-15-9-17-28(4)21-12-6-5-7-13-21)26-16-14-19-10-8-11-20(18-19)22(29)27(2)3;/h5-8,10-13,18H,9,14-17H2,1-4H3,(H2,24,25,26);1H. The minimum atomic E-state index is 0. The number of para-hydroxylation sites is 1. The Morgan fingerprint density at radius 3 is 2.33 bits per heavy atom. The van der Waals surface area contributed by atoms with Crippen molar-refractivity contribution in [2.24, 2.45) is 4.99 Å². The first kappa shape index (κ1) is 25.7. The second-order valence-corrected chi connectivity index (χ2v) is 7.19. The molecule has 7 heteroatoms. The Kier molecular flexibility index (Phi) is 11.9. The Balaban J connectivity index is 0.00000450. The lowest BCUT2D eigenvalue weighted by Crippen LogP contribution is -2.39. The molecule has 2 aromatic rings. The van der Waals surface area contributed by atoms with Crippen LogP contribution in [0.2, 0.25) is 0 Å². The number of carbonyl (C=O) groups excluding carboxylic acids is 1. The van der Waals surface area contributed by atoms with Gasteiger partial charge in [0, 0.05) is 59.1 Å². The number of nitrogens with one attached hydrogen (secondary N) is 2. The molecule has 0 heterocycles. The first-order chi connectivity index (χ1) is 14.0. The predicted octanol–water partition coefficient (Wildman–Crippen LogP) is 3.24. The molecule has 0 radical (unpaired) electrons. The molecule has 0 saturated heterocycles. The van der Waals surface area contributed by atoms with Gasteiger partial charge in [0.15, 0.2) is 5.96 Å². The van der Waals surface area contributed by atoms with E-state index in [1.165, 1.54) is 5.69 Å². The van der Waals surface area contributed by atoms with Gasteiger partial charge in [-0.3, -0.25) is 9.79 Å². The predicted molar refractivity (Wildman–Crippen MR) is 137 cm³/mol. The Hall–Kier alpha value is -2.29. The van der Waals surface area contributed by atoms with Gasteiger partial charge in [-0.2, -0.15) is 0 Å². The minimum Gasteiger partial charge on any atom is -0.375 e. The molecule has 0 atom stereocenters. The van der Waals surface area contributed by atoms with E-state index in [1.807, 2.05) is 30.3 Å². The maximum atomic E-state index is 12.1. The number of guanidine groups is 1. The quantitative estimate of drug-likeness (QED) is 0.230. The Bertz CT molecular complexity index is 795. The van der Waals surface area contributed by atoms with Crippen molar-refractivity contribution >= 4 is 41.5 Å². The van der Waals surface area contributed by atoms with Crippen molar-refractivity contribution in [2.45, 2.75) is 12.8 Å². The third-order valence-electron chi connectivity index (χ3n) is 4.67. The second kappa shape index (κ2) is 13.8. The molecule has 0 aliphatic carbocycles. The topological polar surface area (TPSA) is 60.0 Å². The number of hydrogen-bond donors (Lipinski definition) is 2. The van der Waals surface area contributed by atoms with E-state index >= 15 is 0 Å². The van der Waals surface area contributed by atoms with Crippen LogP contribution in [0.25, 0.3) is 0 Å². The van der Waals surface area contributed by atoms with Crippen LogP contribution in [0.4, 0.5) is 5.69 Å². The van der Waals surface area contributed by atoms with E-state index < -0.39 is 0 Å². The molecule has 0 bridgehead atoms. The molecular formula is C23H34IN5O. The van der Waals surface area contributed by atoms with Crippen LogP contribution in [0.1, 0.15) is 22.3 Å². The maximum absolute atomic E-state index is 12.1. The van der Waals surface area contributed by atoms with E-state index in [-0.39, 0.29) is 29.9 Å². The monoisotopic (exact) mass is 523 g/mol. The maximum Gasteiger partial charge on any atom is 0.253 e. The molecule has 0 aromatic heterocycles. The Morgan fingerprint density at radius 2 is 1.67 bits per heavy atom. The third-order valence-corrected chi connectivity index (χ3v) is 4.67. The van der Waals surface area contributed by atoms with Crippen LogP contribution in [-0.2, 0) is 6.42 Å². The fourth-order valence-corrected chi connectivity index (χ4v) is 3.00. The summed E-state index contributed by atoms with van der Waals surface area (Å²) in [7, 11) is 7.42. The lowest BCUT2D eigenvalue weighted by atomic mass is 10.1. The summed E-state index contributed by atoms with van der Waals surface area (Å²) < 4.78 is 0. The van der Waals surface area contributed by atoms with E-state index in [2.05, 4.69) is 51.8 Å². The summed E-state index contributed by atoms with van der Waals surface area (Å²) in [6.07, 6.45) is 1.84. The summed E-state index contributed by atoms with van der Waals surface area (Å²) in [5.41, 5.74) is 3.08. The normalized spacial score (nSPS) is 10.7. The summed E-state index contributed by atoms with van der Waals surface area (Å²) in [5.74, 6) is 0.825. The molecule has 2 rings (SSSR count). The molecule has 0 saturated carbocycles. The molecule has 0 fully saturated rings. The molecule has 2 N–H and O–H groups in total. The molecule has 6 nitrogen and oxygen atoms in total. The van der Waals surface area contributed by atoms with E-state index in [0.29, 0.717) is 0 Å². The average Bonchev–Trinajstić information content (AvgIpc) is 2.75. The highest BCUT2D eigenvalue weighted by atomic mass is 127. The molecule has 0 aliphatic rings. The van der Waals surface area contributed by atoms with Crippen molar-refractivity contribution in [3.63, 3.8) is 0 Å². The molecule has 2 aromatic carbocycles. The van der Waals surface area contributed by atoms with Gasteiger partial charge < -0.3 is 20.4 Å². The minimum absolute atomic E-state index is 0. The molecule has 164 valence electrons. The van der Waals surface area contributed by atoms with E-state index in [1.54, 1.807) is 26.0 Å². The summed E-state index contributed by atoms with van der Waals surface area (Å²) in [6, 6.07) is 18.2. The van der Waals surface area contributed by atoms with Gasteiger partial charge in [0.05, 0.1) is 0 Å². The molecule has 0 spiro atoms. The first-order valence-electron chi connectivity index (χ1n) is 10.0. The van der Waals surface area contributed by atoms with Crippen molar-refractivity contribution in [1.29, 1.82) is 0 Å². The number of halogens is 1. The van der Waals surface area contributed by atoms with E-state index in [4.69, 9.17) is 0 Å². The Morgan fingerprint density at radius 1 is 0.967 bits per heavy atom. The summed E-state index contributed by atoms with van der Waals surface area (Å²) in [4.78, 5) is 20.2. The molecular weight excluding hydrogens is 489 g/mol. The lowest BCUT2D eigenvalue weighted by molar-refractivity contribution is 0.0827. The number of benzene rings is 2. The van der Waals surface area contributed by atoms with Crippen molar-refractivity contribution in [3.8, 4) is 0 Å². The highest BCUT2D eigenvalue weighted by Gasteiger charge is 2.08. The van der Waals surface area contributed by atoms with Crippen LogP contribution >= 0.6 is 24.0 Å². The fourth-order valence-electron chi connectivity index (χ4n) is 3.00. The summed E-state index contributed by atoms with van der Waals surface area (Å²) >= 11 is 0. The molecule has 30 heavy (non-hydrogen) atoms. The summed E-state index contributed by atoms with van der Waals surface area (Å²) in [5, 5.41) is 6.70. The highest BCUT2D eigenvalue weighted by molar-refractivity contribution is 14.0. The van der Waals surface area contributed by atoms with E-state index in [0.717, 1.165) is 49.6 Å². The number of nitrogens with zero attached hydrogens (tertiary/aromatic N) is 3. The largest absolute Gasteiger partial charge is 0.375 e. The van der Waals surface area contributed by atoms with Crippen molar-refractivity contribution in [3.05, 3.63) is 65.7 Å². The lowest BCUT2D eigenvalue weighted by Gasteiger charge is -2.19. The van der Waals surface area contributed by atoms with Crippen LogP contribution in [-0.4, -0.2) is 64.6 Å². The number of amides is 1. The zero-order valence-electron chi connectivity index (χ0n) is 18.4. The zero-order chi connectivity index (χ0) is 21.1. The SMILES string of the molecule is CN=C(NCCCN(C)c1ccccc1)NCCc1cccc(C(=O)N(C)C)c1.I. The number of rotatable bonds is 9. The van der Waals surface area contributed by atoms with Gasteiger partial charge in [-0.25, -0.2) is 0 Å². The first-order valence-corrected chi connectivity index (χ1v) is 10.0. The number of hydrogen-bond acceptors (Lipinski definition) is 3. The van der Waals surface area contributed by atoms with Gasteiger partial charge in [0.2, 0.25) is 0 Å². The zero-order valence-corrected chi connectivity index (χ0v) is 20.7. The van der Waals surface area contributed by atoms with Gasteiger partial charge in [0.25, 0.3) is 5.91 Å². The van der Waals surface area contributed by atoms with Crippen LogP contribution < -0.4 is 15.5 Å². The average molecular weight is 523 g/mol. The smallest absolute Gasteiger partial charge is 0.253 e. The van der Waals surface area contributed by atoms with Crippen molar-refractivity contribution in [1.82, 2.24) is 15.5 Å². The van der Waals surface area contributed by atoms with Gasteiger partial charge >= 0.3 is 0 Å². The number of carbonyl (C=O) groups is 1. The van der Waals surface area contributed by atoms with Crippen LogP contribution in [0.5, 0.6) is 0 Å². The van der Waals surface area contributed by atoms with Gasteiger partial charge in [-0.1, -0.05) is 30.3 Å². The van der Waals surface area contributed by atoms with Gasteiger partial charge in [-0.15, -0.1) is 24.0 Å².